The minimum absolute atomic E-state index is 0.0189. The van der Waals surface area contributed by atoms with E-state index in [2.05, 4.69) is 10.3 Å². The van der Waals surface area contributed by atoms with E-state index in [1.54, 1.807) is 6.07 Å². The Balaban J connectivity index is 1.90. The summed E-state index contributed by atoms with van der Waals surface area (Å²) in [6, 6.07) is 11.1. The van der Waals surface area contributed by atoms with Crippen LogP contribution in [0.4, 0.5) is 32.0 Å². The number of amides is 1. The highest BCUT2D eigenvalue weighted by atomic mass is 19.4. The van der Waals surface area contributed by atoms with E-state index in [1.165, 1.54) is 24.4 Å². The van der Waals surface area contributed by atoms with Gasteiger partial charge >= 0.3 is 12.4 Å². The molecule has 3 aromatic rings. The van der Waals surface area contributed by atoms with Gasteiger partial charge < -0.3 is 5.32 Å². The highest BCUT2D eigenvalue weighted by Gasteiger charge is 2.35. The van der Waals surface area contributed by atoms with E-state index in [-0.39, 0.29) is 22.5 Å². The number of carbonyl (C=O) groups is 1. The normalized spacial score (nSPS) is 11.9. The van der Waals surface area contributed by atoms with Gasteiger partial charge in [0.05, 0.1) is 16.8 Å². The van der Waals surface area contributed by atoms with E-state index in [0.717, 1.165) is 30.3 Å². The molecule has 1 heterocycles. The zero-order chi connectivity index (χ0) is 21.2. The number of nitrogens with zero attached hydrogens (tertiary/aromatic N) is 1. The summed E-state index contributed by atoms with van der Waals surface area (Å²) in [6.07, 6.45) is -7.93. The van der Waals surface area contributed by atoms with Crippen LogP contribution in [0.5, 0.6) is 0 Å². The molecule has 9 heteroatoms. The van der Waals surface area contributed by atoms with Crippen molar-refractivity contribution in [2.45, 2.75) is 12.4 Å². The fourth-order valence-electron chi connectivity index (χ4n) is 2.61. The van der Waals surface area contributed by atoms with Gasteiger partial charge in [-0.05, 0) is 48.5 Å². The first kappa shape index (κ1) is 20.4. The molecule has 150 valence electrons. The number of nitrogens with one attached hydrogen (secondary N) is 1. The lowest BCUT2D eigenvalue weighted by molar-refractivity contribution is -0.138. The molecule has 0 atom stereocenters. The van der Waals surface area contributed by atoms with Crippen molar-refractivity contribution in [3.8, 4) is 11.3 Å². The average Bonchev–Trinajstić information content (AvgIpc) is 2.67. The monoisotopic (exact) mass is 410 g/mol. The second kappa shape index (κ2) is 7.57. The first-order valence-corrected chi connectivity index (χ1v) is 8.17. The highest BCUT2D eigenvalue weighted by Crippen LogP contribution is 2.37. The number of rotatable bonds is 3. The molecule has 0 unspecified atom stereocenters. The topological polar surface area (TPSA) is 42.0 Å². The lowest BCUT2D eigenvalue weighted by Crippen LogP contribution is -2.15. The minimum atomic E-state index is -4.74. The molecule has 0 aliphatic rings. The van der Waals surface area contributed by atoms with Crippen molar-refractivity contribution in [2.24, 2.45) is 0 Å². The molecule has 3 nitrogen and oxygen atoms in total. The third kappa shape index (κ3) is 4.74. The fraction of sp³-hybridized carbons (Fsp3) is 0.100. The molecule has 0 spiro atoms. The van der Waals surface area contributed by atoms with Gasteiger partial charge in [-0.2, -0.15) is 26.3 Å². The maximum Gasteiger partial charge on any atom is 0.417 e. The van der Waals surface area contributed by atoms with Crippen molar-refractivity contribution in [3.05, 3.63) is 83.6 Å². The molecule has 0 fully saturated rings. The average molecular weight is 410 g/mol. The minimum Gasteiger partial charge on any atom is -0.322 e. The summed E-state index contributed by atoms with van der Waals surface area (Å²) in [6.45, 7) is 0. The maximum absolute atomic E-state index is 13.5. The Hall–Kier alpha value is -3.36. The summed E-state index contributed by atoms with van der Waals surface area (Å²) in [5, 5.41) is 2.29. The summed E-state index contributed by atoms with van der Waals surface area (Å²) in [4.78, 5) is 16.2. The van der Waals surface area contributed by atoms with Crippen molar-refractivity contribution in [1.82, 2.24) is 4.98 Å². The Kier molecular flexibility index (Phi) is 5.32. The van der Waals surface area contributed by atoms with Gasteiger partial charge in [0, 0.05) is 23.0 Å². The second-order valence-electron chi connectivity index (χ2n) is 6.00. The molecule has 1 N–H and O–H groups in total. The quantitative estimate of drug-likeness (QED) is 0.535. The van der Waals surface area contributed by atoms with Crippen molar-refractivity contribution in [3.63, 3.8) is 0 Å². The number of hydrogen-bond donors (Lipinski definition) is 1. The Bertz CT molecular complexity index is 1010. The van der Waals surface area contributed by atoms with Crippen LogP contribution in [0.15, 0.2) is 66.9 Å². The number of anilines is 1. The predicted molar refractivity (Wildman–Crippen MR) is 94.1 cm³/mol. The molecule has 29 heavy (non-hydrogen) atoms. The molecule has 0 radical (unpaired) electrons. The van der Waals surface area contributed by atoms with Crippen LogP contribution in [-0.4, -0.2) is 10.9 Å². The van der Waals surface area contributed by atoms with Crippen LogP contribution in [-0.2, 0) is 12.4 Å². The van der Waals surface area contributed by atoms with Crippen LogP contribution in [0.2, 0.25) is 0 Å². The molecular weight excluding hydrogens is 398 g/mol. The van der Waals surface area contributed by atoms with Gasteiger partial charge in [-0.15, -0.1) is 0 Å². The Morgan fingerprint density at radius 2 is 1.52 bits per heavy atom. The van der Waals surface area contributed by atoms with Gasteiger partial charge in [-0.1, -0.05) is 12.1 Å². The number of pyridine rings is 1. The molecule has 0 aliphatic heterocycles. The van der Waals surface area contributed by atoms with E-state index in [0.29, 0.717) is 6.07 Å². The van der Waals surface area contributed by atoms with E-state index < -0.39 is 29.4 Å². The third-order valence-corrected chi connectivity index (χ3v) is 4.00. The van der Waals surface area contributed by atoms with E-state index in [9.17, 15) is 31.1 Å². The molecule has 3 rings (SSSR count). The van der Waals surface area contributed by atoms with Gasteiger partial charge in [0.15, 0.2) is 0 Å². The van der Waals surface area contributed by atoms with Gasteiger partial charge in [0.1, 0.15) is 0 Å². The number of benzene rings is 2. The molecule has 0 aliphatic carbocycles. The SMILES string of the molecule is O=C(Nc1ccc(C(F)(F)F)cc1)c1ccc(-c2ccccn2)c(C(F)(F)F)c1. The summed E-state index contributed by atoms with van der Waals surface area (Å²) in [7, 11) is 0. The van der Waals surface area contributed by atoms with Crippen LogP contribution in [0, 0.1) is 0 Å². The van der Waals surface area contributed by atoms with Crippen molar-refractivity contribution >= 4 is 11.6 Å². The molecule has 1 aromatic heterocycles. The van der Waals surface area contributed by atoms with Gasteiger partial charge in [0.2, 0.25) is 0 Å². The maximum atomic E-state index is 13.5. The molecule has 2 aromatic carbocycles. The standard InChI is InChI=1S/C20H12F6N2O/c21-19(22,23)13-5-7-14(8-6-13)28-18(29)12-4-9-15(16(11-12)20(24,25)26)17-3-1-2-10-27-17/h1-11H,(H,28,29). The predicted octanol–water partition coefficient (Wildman–Crippen LogP) is 6.04. The van der Waals surface area contributed by atoms with Crippen LogP contribution in [0.3, 0.4) is 0 Å². The third-order valence-electron chi connectivity index (χ3n) is 4.00. The number of halogens is 6. The van der Waals surface area contributed by atoms with E-state index in [4.69, 9.17) is 0 Å². The van der Waals surface area contributed by atoms with Gasteiger partial charge in [-0.25, -0.2) is 0 Å². The van der Waals surface area contributed by atoms with E-state index in [1.807, 2.05) is 0 Å². The van der Waals surface area contributed by atoms with E-state index >= 15 is 0 Å². The first-order chi connectivity index (χ1) is 13.6. The fourth-order valence-corrected chi connectivity index (χ4v) is 2.61. The number of hydrogen-bond acceptors (Lipinski definition) is 2. The second-order valence-corrected chi connectivity index (χ2v) is 6.00. The number of aromatic nitrogens is 1. The summed E-state index contributed by atoms with van der Waals surface area (Å²) < 4.78 is 78.2. The largest absolute Gasteiger partial charge is 0.417 e. The Morgan fingerprint density at radius 1 is 0.828 bits per heavy atom. The van der Waals surface area contributed by atoms with Gasteiger partial charge in [0.25, 0.3) is 5.91 Å². The van der Waals surface area contributed by atoms with Crippen LogP contribution in [0.25, 0.3) is 11.3 Å². The Labute approximate surface area is 161 Å². The zero-order valence-electron chi connectivity index (χ0n) is 14.5. The Morgan fingerprint density at radius 3 is 2.07 bits per heavy atom. The lowest BCUT2D eigenvalue weighted by Gasteiger charge is -2.14. The van der Waals surface area contributed by atoms with Gasteiger partial charge in [-0.3, -0.25) is 9.78 Å². The molecule has 0 bridgehead atoms. The van der Waals surface area contributed by atoms with Crippen LogP contribution >= 0.6 is 0 Å². The van der Waals surface area contributed by atoms with Crippen molar-refractivity contribution in [1.29, 1.82) is 0 Å². The molecule has 0 saturated carbocycles. The summed E-state index contributed by atoms with van der Waals surface area (Å²) >= 11 is 0. The smallest absolute Gasteiger partial charge is 0.322 e. The number of alkyl halides is 6. The van der Waals surface area contributed by atoms with Crippen LogP contribution in [0.1, 0.15) is 21.5 Å². The molecule has 0 saturated heterocycles. The molecule has 1 amide bonds. The zero-order valence-corrected chi connectivity index (χ0v) is 14.5. The highest BCUT2D eigenvalue weighted by molar-refractivity contribution is 6.04. The lowest BCUT2D eigenvalue weighted by atomic mass is 10.00. The van der Waals surface area contributed by atoms with Crippen molar-refractivity contribution in [2.75, 3.05) is 5.32 Å². The number of carbonyl (C=O) groups excluding carboxylic acids is 1. The molecular formula is C20H12F6N2O. The first-order valence-electron chi connectivity index (χ1n) is 8.17. The van der Waals surface area contributed by atoms with Crippen molar-refractivity contribution < 1.29 is 31.1 Å². The summed E-state index contributed by atoms with van der Waals surface area (Å²) in [5.41, 5.74) is -2.33. The van der Waals surface area contributed by atoms with Crippen LogP contribution < -0.4 is 5.32 Å². The summed E-state index contributed by atoms with van der Waals surface area (Å²) in [5.74, 6) is -0.886.